The molecule has 0 unspecified atom stereocenters. The molecule has 0 aliphatic heterocycles. The van der Waals surface area contributed by atoms with Crippen LogP contribution in [-0.4, -0.2) is 14.6 Å². The Labute approximate surface area is 76.3 Å². The van der Waals surface area contributed by atoms with Gasteiger partial charge in [-0.1, -0.05) is 0 Å². The average Bonchev–Trinajstić information content (AvgIpc) is 2.33. The molecule has 0 aliphatic carbocycles. The van der Waals surface area contributed by atoms with E-state index in [0.717, 1.165) is 5.65 Å². The molecule has 2 rings (SSSR count). The number of aromatic nitrogens is 3. The maximum Gasteiger partial charge on any atom is 0.153 e. The summed E-state index contributed by atoms with van der Waals surface area (Å²) in [6, 6.07) is 3.77. The van der Waals surface area contributed by atoms with Gasteiger partial charge in [-0.15, -0.1) is 24.8 Å². The maximum absolute atomic E-state index is 4.02. The first-order valence-corrected chi connectivity index (χ1v) is 2.71. The summed E-state index contributed by atoms with van der Waals surface area (Å²) >= 11 is 0. The van der Waals surface area contributed by atoms with Crippen LogP contribution in [0.25, 0.3) is 5.65 Å². The highest BCUT2D eigenvalue weighted by atomic mass is 35.5. The summed E-state index contributed by atoms with van der Waals surface area (Å²) < 4.78 is 1.72. The Morgan fingerprint density at radius 3 is 2.73 bits per heavy atom. The number of nitrogens with zero attached hydrogens (tertiary/aromatic N) is 3. The fourth-order valence-electron chi connectivity index (χ4n) is 0.765. The Kier molecular flexibility index (Phi) is 3.85. The summed E-state index contributed by atoms with van der Waals surface area (Å²) in [6.45, 7) is 0. The molecular weight excluding hydrogens is 185 g/mol. The van der Waals surface area contributed by atoms with E-state index in [1.54, 1.807) is 16.9 Å². The number of hydrogen-bond donors (Lipinski definition) is 0. The first-order chi connectivity index (χ1) is 4.47. The number of halogens is 2. The van der Waals surface area contributed by atoms with Crippen molar-refractivity contribution < 1.29 is 0 Å². The third kappa shape index (κ3) is 1.82. The molecule has 3 nitrogen and oxygen atoms in total. The van der Waals surface area contributed by atoms with Crippen molar-refractivity contribution in [3.05, 3.63) is 30.7 Å². The van der Waals surface area contributed by atoms with E-state index < -0.39 is 0 Å². The van der Waals surface area contributed by atoms with Gasteiger partial charge < -0.3 is 0 Å². The number of hydrogen-bond acceptors (Lipinski definition) is 2. The Morgan fingerprint density at radius 2 is 2.00 bits per heavy atom. The zero-order chi connectivity index (χ0) is 6.10. The van der Waals surface area contributed by atoms with Crippen LogP contribution in [0.2, 0.25) is 0 Å². The van der Waals surface area contributed by atoms with Crippen LogP contribution < -0.4 is 0 Å². The van der Waals surface area contributed by atoms with Gasteiger partial charge in [-0.3, -0.25) is 0 Å². The lowest BCUT2D eigenvalue weighted by Gasteiger charge is -1.85. The summed E-state index contributed by atoms with van der Waals surface area (Å²) in [5.74, 6) is 0. The molecule has 0 spiro atoms. The molecule has 0 atom stereocenters. The standard InChI is InChI=1S/C6H5N3.2ClH/c1-2-6-7-4-5-9(6)8-3-1;;/h1-5H;2*1H. The summed E-state index contributed by atoms with van der Waals surface area (Å²) in [5.41, 5.74) is 0.887. The fraction of sp³-hybridized carbons (Fsp3) is 0. The molecule has 0 radical (unpaired) electrons. The molecule has 60 valence electrons. The first kappa shape index (κ1) is 10.2. The lowest BCUT2D eigenvalue weighted by Crippen LogP contribution is -1.85. The van der Waals surface area contributed by atoms with E-state index in [-0.39, 0.29) is 24.8 Å². The Morgan fingerprint density at radius 1 is 1.18 bits per heavy atom. The van der Waals surface area contributed by atoms with Gasteiger partial charge in [0.1, 0.15) is 0 Å². The van der Waals surface area contributed by atoms with Crippen molar-refractivity contribution in [3.63, 3.8) is 0 Å². The van der Waals surface area contributed by atoms with Crippen LogP contribution in [0.3, 0.4) is 0 Å². The molecular formula is C6H7Cl2N3. The van der Waals surface area contributed by atoms with Gasteiger partial charge in [0, 0.05) is 18.6 Å². The minimum atomic E-state index is 0. The minimum absolute atomic E-state index is 0. The average molecular weight is 192 g/mol. The van der Waals surface area contributed by atoms with Gasteiger partial charge in [-0.05, 0) is 12.1 Å². The van der Waals surface area contributed by atoms with E-state index in [0.29, 0.717) is 0 Å². The second kappa shape index (κ2) is 4.16. The van der Waals surface area contributed by atoms with E-state index in [2.05, 4.69) is 10.1 Å². The van der Waals surface area contributed by atoms with E-state index in [9.17, 15) is 0 Å². The van der Waals surface area contributed by atoms with Crippen LogP contribution in [0.4, 0.5) is 0 Å². The Bertz CT molecular complexity index is 290. The van der Waals surface area contributed by atoms with Crippen LogP contribution in [0.5, 0.6) is 0 Å². The number of fused-ring (bicyclic) bond motifs is 1. The van der Waals surface area contributed by atoms with Crippen LogP contribution in [0, 0.1) is 0 Å². The monoisotopic (exact) mass is 191 g/mol. The zero-order valence-electron chi connectivity index (χ0n) is 5.54. The number of rotatable bonds is 0. The highest BCUT2D eigenvalue weighted by Gasteiger charge is 1.86. The molecule has 5 heteroatoms. The van der Waals surface area contributed by atoms with Crippen LogP contribution in [0.1, 0.15) is 0 Å². The highest BCUT2D eigenvalue weighted by molar-refractivity contribution is 5.85. The van der Waals surface area contributed by atoms with Gasteiger partial charge in [0.2, 0.25) is 0 Å². The molecule has 0 saturated carbocycles. The van der Waals surface area contributed by atoms with Gasteiger partial charge in [0.15, 0.2) is 5.65 Å². The summed E-state index contributed by atoms with van der Waals surface area (Å²) in [5, 5.41) is 4.00. The van der Waals surface area contributed by atoms with Crippen LogP contribution >= 0.6 is 24.8 Å². The van der Waals surface area contributed by atoms with Crippen molar-refractivity contribution in [3.8, 4) is 0 Å². The molecule has 0 aliphatic rings. The molecule has 2 aromatic rings. The van der Waals surface area contributed by atoms with E-state index in [1.807, 2.05) is 18.3 Å². The van der Waals surface area contributed by atoms with Crippen molar-refractivity contribution in [2.75, 3.05) is 0 Å². The maximum atomic E-state index is 4.02. The Balaban J connectivity index is 0.000000500. The molecule has 0 fully saturated rings. The quantitative estimate of drug-likeness (QED) is 0.634. The second-order valence-electron chi connectivity index (χ2n) is 1.75. The van der Waals surface area contributed by atoms with Crippen LogP contribution in [0.15, 0.2) is 30.7 Å². The van der Waals surface area contributed by atoms with E-state index >= 15 is 0 Å². The molecule has 0 aromatic carbocycles. The molecule has 0 bridgehead atoms. The lowest BCUT2D eigenvalue weighted by molar-refractivity contribution is 0.936. The molecule has 0 saturated heterocycles. The van der Waals surface area contributed by atoms with Crippen molar-refractivity contribution in [2.45, 2.75) is 0 Å². The molecule has 11 heavy (non-hydrogen) atoms. The Hall–Kier alpha value is -0.800. The highest BCUT2D eigenvalue weighted by Crippen LogP contribution is 1.93. The third-order valence-corrected chi connectivity index (χ3v) is 1.17. The summed E-state index contributed by atoms with van der Waals surface area (Å²) in [4.78, 5) is 4.02. The van der Waals surface area contributed by atoms with Crippen molar-refractivity contribution in [1.29, 1.82) is 0 Å². The minimum Gasteiger partial charge on any atom is -0.236 e. The van der Waals surface area contributed by atoms with Gasteiger partial charge >= 0.3 is 0 Å². The zero-order valence-corrected chi connectivity index (χ0v) is 7.18. The van der Waals surface area contributed by atoms with Gasteiger partial charge in [-0.25, -0.2) is 9.50 Å². The fourth-order valence-corrected chi connectivity index (χ4v) is 0.765. The lowest BCUT2D eigenvalue weighted by atomic mass is 10.6. The first-order valence-electron chi connectivity index (χ1n) is 2.71. The number of imidazole rings is 1. The van der Waals surface area contributed by atoms with E-state index in [4.69, 9.17) is 0 Å². The SMILES string of the molecule is Cl.Cl.c1cnn2ccnc2c1. The van der Waals surface area contributed by atoms with Gasteiger partial charge in [0.05, 0.1) is 0 Å². The van der Waals surface area contributed by atoms with Crippen molar-refractivity contribution in [2.24, 2.45) is 0 Å². The van der Waals surface area contributed by atoms with Crippen LogP contribution in [-0.2, 0) is 0 Å². The largest absolute Gasteiger partial charge is 0.236 e. The van der Waals surface area contributed by atoms with Crippen molar-refractivity contribution >= 4 is 30.5 Å². The van der Waals surface area contributed by atoms with Gasteiger partial charge in [-0.2, -0.15) is 5.10 Å². The predicted molar refractivity (Wildman–Crippen MR) is 47.5 cm³/mol. The van der Waals surface area contributed by atoms with Gasteiger partial charge in [0.25, 0.3) is 0 Å². The summed E-state index contributed by atoms with van der Waals surface area (Å²) in [7, 11) is 0. The molecule has 2 heterocycles. The smallest absolute Gasteiger partial charge is 0.153 e. The molecule has 2 aromatic heterocycles. The topological polar surface area (TPSA) is 30.2 Å². The normalized spacial score (nSPS) is 8.36. The van der Waals surface area contributed by atoms with Crippen molar-refractivity contribution in [1.82, 2.24) is 14.6 Å². The third-order valence-electron chi connectivity index (χ3n) is 1.17. The summed E-state index contributed by atoms with van der Waals surface area (Å²) in [6.07, 6.45) is 5.27. The molecule has 0 amide bonds. The second-order valence-corrected chi connectivity index (χ2v) is 1.75. The van der Waals surface area contributed by atoms with E-state index in [1.165, 1.54) is 0 Å². The predicted octanol–water partition coefficient (Wildman–Crippen LogP) is 1.57. The molecule has 0 N–H and O–H groups in total.